The molecule has 2 aromatic carbocycles. The maximum Gasteiger partial charge on any atom is 0.407 e. The second kappa shape index (κ2) is 13.6. The number of amides is 3. The molecule has 0 saturated heterocycles. The van der Waals surface area contributed by atoms with Crippen LogP contribution in [0.25, 0.3) is 0 Å². The number of nitrogens with two attached hydrogens (primary N) is 1. The summed E-state index contributed by atoms with van der Waals surface area (Å²) in [6, 6.07) is 13.5. The Kier molecular flexibility index (Phi) is 10.8. The van der Waals surface area contributed by atoms with Crippen LogP contribution in [-0.2, 0) is 27.4 Å². The molecule has 0 spiro atoms. The molecule has 0 aliphatic heterocycles. The van der Waals surface area contributed by atoms with Crippen molar-refractivity contribution in [3.05, 3.63) is 69.7 Å². The van der Waals surface area contributed by atoms with Gasteiger partial charge in [-0.2, -0.15) is 0 Å². The van der Waals surface area contributed by atoms with Gasteiger partial charge in [-0.15, -0.1) is 0 Å². The number of alkyl carbamates (subject to hydrolysis) is 1. The van der Waals surface area contributed by atoms with Crippen molar-refractivity contribution in [2.45, 2.75) is 44.8 Å². The van der Waals surface area contributed by atoms with Crippen molar-refractivity contribution in [1.29, 1.82) is 0 Å². The van der Waals surface area contributed by atoms with Crippen molar-refractivity contribution in [1.82, 2.24) is 10.6 Å². The number of primary amides is 1. The Balaban J connectivity index is 1.62. The second-order valence-electron chi connectivity index (χ2n) is 7.23. The van der Waals surface area contributed by atoms with Crippen molar-refractivity contribution < 1.29 is 19.1 Å². The van der Waals surface area contributed by atoms with Crippen LogP contribution in [0.4, 0.5) is 4.79 Å². The van der Waals surface area contributed by atoms with Gasteiger partial charge in [0, 0.05) is 29.4 Å². The van der Waals surface area contributed by atoms with Crippen LogP contribution in [0.15, 0.2) is 48.5 Å². The van der Waals surface area contributed by atoms with E-state index >= 15 is 0 Å². The predicted molar refractivity (Wildman–Crippen MR) is 124 cm³/mol. The van der Waals surface area contributed by atoms with E-state index < -0.39 is 18.0 Å². The third kappa shape index (κ3) is 9.16. The monoisotopic (exact) mass is 479 g/mol. The molecule has 0 fully saturated rings. The Morgan fingerprint density at radius 2 is 1.62 bits per heavy atom. The van der Waals surface area contributed by atoms with Crippen LogP contribution in [0.5, 0.6) is 0 Å². The van der Waals surface area contributed by atoms with E-state index in [9.17, 15) is 14.4 Å². The minimum atomic E-state index is -0.902. The van der Waals surface area contributed by atoms with Gasteiger partial charge in [-0.05, 0) is 36.1 Å². The van der Waals surface area contributed by atoms with Crippen LogP contribution in [0.1, 0.15) is 36.8 Å². The van der Waals surface area contributed by atoms with Gasteiger partial charge in [-0.1, -0.05) is 66.0 Å². The number of ether oxygens (including phenoxy) is 1. The van der Waals surface area contributed by atoms with Crippen molar-refractivity contribution in [2.75, 3.05) is 6.54 Å². The SMILES string of the molecule is NC(=O)[C@H](Cc1c(Cl)cccc1Cl)NC(=O)CCCCCNC(=O)OCc1ccccc1. The molecule has 32 heavy (non-hydrogen) atoms. The number of halogens is 2. The second-order valence-corrected chi connectivity index (χ2v) is 8.04. The number of rotatable bonds is 12. The zero-order chi connectivity index (χ0) is 23.3. The fourth-order valence-corrected chi connectivity index (χ4v) is 3.52. The van der Waals surface area contributed by atoms with Gasteiger partial charge < -0.3 is 21.1 Å². The first kappa shape index (κ1) is 25.5. The normalized spacial score (nSPS) is 11.4. The van der Waals surface area contributed by atoms with Crippen molar-refractivity contribution >= 4 is 41.1 Å². The topological polar surface area (TPSA) is 111 Å². The van der Waals surface area contributed by atoms with Gasteiger partial charge in [0.25, 0.3) is 0 Å². The van der Waals surface area contributed by atoms with Gasteiger partial charge in [-0.25, -0.2) is 4.79 Å². The molecule has 172 valence electrons. The summed E-state index contributed by atoms with van der Waals surface area (Å²) in [6.07, 6.45) is 1.90. The van der Waals surface area contributed by atoms with Gasteiger partial charge in [0.05, 0.1) is 0 Å². The van der Waals surface area contributed by atoms with Gasteiger partial charge in [0.1, 0.15) is 12.6 Å². The Morgan fingerprint density at radius 1 is 0.938 bits per heavy atom. The lowest BCUT2D eigenvalue weighted by molar-refractivity contribution is -0.127. The first-order valence-electron chi connectivity index (χ1n) is 10.3. The van der Waals surface area contributed by atoms with Gasteiger partial charge in [0.15, 0.2) is 0 Å². The van der Waals surface area contributed by atoms with Crippen molar-refractivity contribution in [3.8, 4) is 0 Å². The summed E-state index contributed by atoms with van der Waals surface area (Å²) in [5.74, 6) is -0.945. The average molecular weight is 480 g/mol. The lowest BCUT2D eigenvalue weighted by Crippen LogP contribution is -2.45. The number of carbonyl (C=O) groups excluding carboxylic acids is 3. The minimum absolute atomic E-state index is 0.120. The zero-order valence-electron chi connectivity index (χ0n) is 17.6. The number of hydrogen-bond acceptors (Lipinski definition) is 4. The smallest absolute Gasteiger partial charge is 0.407 e. The zero-order valence-corrected chi connectivity index (χ0v) is 19.1. The first-order chi connectivity index (χ1) is 15.4. The Hall–Kier alpha value is -2.77. The summed E-state index contributed by atoms with van der Waals surface area (Å²) in [5, 5.41) is 6.14. The van der Waals surface area contributed by atoms with E-state index in [2.05, 4.69) is 10.6 Å². The first-order valence-corrected chi connectivity index (χ1v) is 11.1. The van der Waals surface area contributed by atoms with E-state index in [0.29, 0.717) is 35.0 Å². The predicted octanol–water partition coefficient (Wildman–Crippen LogP) is 3.99. The number of nitrogens with one attached hydrogen (secondary N) is 2. The molecular formula is C23H27Cl2N3O4. The van der Waals surface area contributed by atoms with Gasteiger partial charge in [-0.3, -0.25) is 9.59 Å². The van der Waals surface area contributed by atoms with E-state index in [1.54, 1.807) is 18.2 Å². The molecule has 2 aromatic rings. The highest BCUT2D eigenvalue weighted by molar-refractivity contribution is 6.36. The maximum absolute atomic E-state index is 12.2. The molecule has 0 aliphatic carbocycles. The lowest BCUT2D eigenvalue weighted by atomic mass is 10.0. The van der Waals surface area contributed by atoms with E-state index in [1.807, 2.05) is 30.3 Å². The summed E-state index contributed by atoms with van der Waals surface area (Å²) < 4.78 is 5.13. The summed E-state index contributed by atoms with van der Waals surface area (Å²) in [6.45, 7) is 0.664. The van der Waals surface area contributed by atoms with E-state index in [-0.39, 0.29) is 25.4 Å². The van der Waals surface area contributed by atoms with Crippen LogP contribution in [0, 0.1) is 0 Å². The fraction of sp³-hybridized carbons (Fsp3) is 0.348. The van der Waals surface area contributed by atoms with Gasteiger partial charge in [0.2, 0.25) is 11.8 Å². The molecule has 0 aliphatic rings. The number of benzene rings is 2. The van der Waals surface area contributed by atoms with Gasteiger partial charge >= 0.3 is 6.09 Å². The minimum Gasteiger partial charge on any atom is -0.445 e. The quantitative estimate of drug-likeness (QED) is 0.399. The summed E-state index contributed by atoms with van der Waals surface area (Å²) in [4.78, 5) is 35.6. The molecule has 7 nitrogen and oxygen atoms in total. The summed E-state index contributed by atoms with van der Waals surface area (Å²) in [5.41, 5.74) is 6.90. The lowest BCUT2D eigenvalue weighted by Gasteiger charge is -2.17. The van der Waals surface area contributed by atoms with E-state index in [0.717, 1.165) is 12.0 Å². The van der Waals surface area contributed by atoms with E-state index in [1.165, 1.54) is 0 Å². The molecule has 1 atom stereocenters. The van der Waals surface area contributed by atoms with Crippen LogP contribution < -0.4 is 16.4 Å². The highest BCUT2D eigenvalue weighted by atomic mass is 35.5. The van der Waals surface area contributed by atoms with Crippen molar-refractivity contribution in [2.24, 2.45) is 5.73 Å². The molecule has 4 N–H and O–H groups in total. The molecule has 0 saturated carbocycles. The molecule has 0 aromatic heterocycles. The highest BCUT2D eigenvalue weighted by Gasteiger charge is 2.21. The molecule has 0 bridgehead atoms. The summed E-state index contributed by atoms with van der Waals surface area (Å²) >= 11 is 12.3. The molecule has 9 heteroatoms. The number of hydrogen-bond donors (Lipinski definition) is 3. The van der Waals surface area contributed by atoms with Crippen LogP contribution in [0.2, 0.25) is 10.0 Å². The van der Waals surface area contributed by atoms with E-state index in [4.69, 9.17) is 33.7 Å². The molecule has 0 heterocycles. The third-order valence-corrected chi connectivity index (χ3v) is 5.42. The Labute approximate surface area is 197 Å². The summed E-state index contributed by atoms with van der Waals surface area (Å²) in [7, 11) is 0. The van der Waals surface area contributed by atoms with Crippen LogP contribution >= 0.6 is 23.2 Å². The average Bonchev–Trinajstić information content (AvgIpc) is 2.77. The van der Waals surface area contributed by atoms with Crippen molar-refractivity contribution in [3.63, 3.8) is 0 Å². The largest absolute Gasteiger partial charge is 0.445 e. The number of carbonyl (C=O) groups is 3. The fourth-order valence-electron chi connectivity index (χ4n) is 2.97. The molecular weight excluding hydrogens is 453 g/mol. The maximum atomic E-state index is 12.2. The molecule has 0 radical (unpaired) electrons. The molecule has 0 unspecified atom stereocenters. The van der Waals surface area contributed by atoms with Crippen LogP contribution in [-0.4, -0.2) is 30.5 Å². The Bertz CT molecular complexity index is 889. The standard InChI is InChI=1S/C23H27Cl2N3O4/c24-18-10-7-11-19(25)17(18)14-20(22(26)30)28-21(29)12-5-2-6-13-27-23(31)32-15-16-8-3-1-4-9-16/h1,3-4,7-11,20H,2,5-6,12-15H2,(H2,26,30)(H,27,31)(H,28,29)/t20-/m0/s1. The molecule has 3 amide bonds. The van der Waals surface area contributed by atoms with Crippen LogP contribution in [0.3, 0.4) is 0 Å². The molecule has 2 rings (SSSR count). The number of unbranched alkanes of at least 4 members (excludes halogenated alkanes) is 2. The Morgan fingerprint density at radius 3 is 2.28 bits per heavy atom. The third-order valence-electron chi connectivity index (χ3n) is 4.71. The highest BCUT2D eigenvalue weighted by Crippen LogP contribution is 2.25.